The summed E-state index contributed by atoms with van der Waals surface area (Å²) in [5.74, 6) is -0.661. The van der Waals surface area contributed by atoms with Gasteiger partial charge in [0, 0.05) is 71.8 Å². The van der Waals surface area contributed by atoms with Crippen molar-refractivity contribution in [3.63, 3.8) is 0 Å². The molecular formula is C33H33N3O7S. The highest BCUT2D eigenvalue weighted by atomic mass is 32.2. The van der Waals surface area contributed by atoms with E-state index >= 15 is 0 Å². The summed E-state index contributed by atoms with van der Waals surface area (Å²) < 4.78 is 49.1. The third-order valence-electron chi connectivity index (χ3n) is 8.48. The molecule has 1 amide bonds. The first-order chi connectivity index (χ1) is 21.1. The maximum absolute atomic E-state index is 13.6. The molecule has 1 N–H and O–H groups in total. The summed E-state index contributed by atoms with van der Waals surface area (Å²) in [6, 6.07) is 18.9. The third kappa shape index (κ3) is 4.46. The number of nitrogens with zero attached hydrogens (tertiary/aromatic N) is 3. The van der Waals surface area contributed by atoms with Crippen LogP contribution >= 0.6 is 0 Å². The summed E-state index contributed by atoms with van der Waals surface area (Å²) in [6.45, 7) is 11.1. The normalized spacial score (nSPS) is 17.3. The van der Waals surface area contributed by atoms with Gasteiger partial charge in [-0.3, -0.25) is 9.35 Å². The van der Waals surface area contributed by atoms with Crippen molar-refractivity contribution < 1.29 is 26.9 Å². The van der Waals surface area contributed by atoms with Gasteiger partial charge in [0.2, 0.25) is 0 Å². The number of hydrogen-bond donors (Lipinski definition) is 1. The monoisotopic (exact) mass is 615 g/mol. The molecule has 228 valence electrons. The van der Waals surface area contributed by atoms with Crippen molar-refractivity contribution in [3.8, 4) is 5.75 Å². The molecule has 0 radical (unpaired) electrons. The van der Waals surface area contributed by atoms with Gasteiger partial charge in [0.1, 0.15) is 28.2 Å². The molecule has 1 atom stereocenters. The zero-order chi connectivity index (χ0) is 31.4. The van der Waals surface area contributed by atoms with Crippen LogP contribution in [-0.2, 0) is 15.8 Å². The van der Waals surface area contributed by atoms with Crippen LogP contribution in [0.25, 0.3) is 16.7 Å². The van der Waals surface area contributed by atoms with Crippen molar-refractivity contribution in [3.05, 3.63) is 105 Å². The number of hydrogen-bond acceptors (Lipinski definition) is 8. The van der Waals surface area contributed by atoms with Crippen LogP contribution in [0.4, 0.5) is 11.4 Å². The van der Waals surface area contributed by atoms with Crippen LogP contribution in [-0.4, -0.2) is 49.4 Å². The highest BCUT2D eigenvalue weighted by molar-refractivity contribution is 7.84. The molecule has 2 aliphatic heterocycles. The van der Waals surface area contributed by atoms with Crippen molar-refractivity contribution >= 4 is 44.3 Å². The second-order valence-corrected chi connectivity index (χ2v) is 11.9. The van der Waals surface area contributed by atoms with Gasteiger partial charge in [-0.05, 0) is 64.1 Å². The minimum absolute atomic E-state index is 0.00387. The van der Waals surface area contributed by atoms with E-state index in [1.165, 1.54) is 12.1 Å². The van der Waals surface area contributed by atoms with Gasteiger partial charge >= 0.3 is 15.9 Å². The summed E-state index contributed by atoms with van der Waals surface area (Å²) in [6.07, 6.45) is 1.41. The predicted molar refractivity (Wildman–Crippen MR) is 170 cm³/mol. The lowest BCUT2D eigenvalue weighted by atomic mass is 9.80. The van der Waals surface area contributed by atoms with Gasteiger partial charge in [0.25, 0.3) is 5.91 Å². The first-order valence-corrected chi connectivity index (χ1v) is 16.0. The van der Waals surface area contributed by atoms with E-state index in [1.807, 2.05) is 52.0 Å². The quantitative estimate of drug-likeness (QED) is 0.205. The van der Waals surface area contributed by atoms with E-state index in [2.05, 4.69) is 9.80 Å². The molecule has 1 spiro atoms. The molecule has 3 aromatic carbocycles. The van der Waals surface area contributed by atoms with Crippen LogP contribution in [0.15, 0.2) is 82.0 Å². The molecule has 11 heteroatoms. The van der Waals surface area contributed by atoms with E-state index in [0.717, 1.165) is 24.5 Å². The van der Waals surface area contributed by atoms with E-state index in [1.54, 1.807) is 36.4 Å². The van der Waals surface area contributed by atoms with Gasteiger partial charge in [0.05, 0.1) is 0 Å². The van der Waals surface area contributed by atoms with Gasteiger partial charge < -0.3 is 19.0 Å². The first kappa shape index (κ1) is 29.5. The van der Waals surface area contributed by atoms with Crippen LogP contribution in [0.5, 0.6) is 5.75 Å². The first-order valence-electron chi connectivity index (χ1n) is 14.6. The summed E-state index contributed by atoms with van der Waals surface area (Å²) in [5.41, 5.74) is 0.365. The van der Waals surface area contributed by atoms with Crippen LogP contribution in [0.3, 0.4) is 0 Å². The van der Waals surface area contributed by atoms with Crippen molar-refractivity contribution in [2.75, 3.05) is 36.0 Å². The van der Waals surface area contributed by atoms with Crippen LogP contribution in [0, 0.1) is 0 Å². The van der Waals surface area contributed by atoms with Gasteiger partial charge in [0.15, 0.2) is 0 Å². The molecule has 44 heavy (non-hydrogen) atoms. The minimum Gasteiger partial charge on any atom is -0.456 e. The predicted octanol–water partition coefficient (Wildman–Crippen LogP) is 5.42. The molecule has 4 aromatic rings. The Morgan fingerprint density at radius 3 is 2.09 bits per heavy atom. The number of carbonyl (C=O) groups is 1. The van der Waals surface area contributed by atoms with Crippen molar-refractivity contribution in [2.24, 2.45) is 0 Å². The molecule has 0 aliphatic carbocycles. The summed E-state index contributed by atoms with van der Waals surface area (Å²) in [4.78, 5) is 31.4. The highest BCUT2D eigenvalue weighted by Gasteiger charge is 2.57. The summed E-state index contributed by atoms with van der Waals surface area (Å²) in [7, 11) is -5.11. The summed E-state index contributed by atoms with van der Waals surface area (Å²) >= 11 is 0. The molecule has 0 bridgehead atoms. The number of amides is 1. The lowest BCUT2D eigenvalue weighted by molar-refractivity contribution is 0.0818. The lowest BCUT2D eigenvalue weighted by Crippen LogP contribution is -2.48. The smallest absolute Gasteiger partial charge is 0.363 e. The Balaban J connectivity index is 1.63. The van der Waals surface area contributed by atoms with E-state index in [0.29, 0.717) is 39.5 Å². The number of anilines is 2. The zero-order valence-corrected chi connectivity index (χ0v) is 25.7. The minimum atomic E-state index is -5.11. The Morgan fingerprint density at radius 1 is 0.795 bits per heavy atom. The highest BCUT2D eigenvalue weighted by Crippen LogP contribution is 2.53. The van der Waals surface area contributed by atoms with Gasteiger partial charge in [-0.2, -0.15) is 12.7 Å². The Bertz CT molecular complexity index is 1990. The SMILES string of the molecule is CCN(CC)c1ccc2c(c1)OC(c1cc3ccc(N(CC)CC)cc3oc1=O)=C[C@]21c2ccccc2C(=O)N1S(=O)(=O)O. The average molecular weight is 616 g/mol. The standard InChI is InChI=1S/C33H33N3O7S/c1-5-34(6-2)22-14-13-21-17-25(32(38)43-28(21)18-22)30-20-33(27-16-15-23(19-29(27)42-30)35(7-3)8-4)26-12-10-9-11-24(26)31(37)36(33)44(39,40)41/h9-20H,5-8H2,1-4H3,(H,39,40,41)/t33-/m0/s1. The molecule has 0 saturated heterocycles. The van der Waals surface area contributed by atoms with Crippen LogP contribution in [0.1, 0.15) is 54.7 Å². The van der Waals surface area contributed by atoms with Crippen LogP contribution < -0.4 is 20.2 Å². The Morgan fingerprint density at radius 2 is 1.43 bits per heavy atom. The molecule has 1 aromatic heterocycles. The number of benzene rings is 3. The molecule has 3 heterocycles. The number of ether oxygens (including phenoxy) is 1. The van der Waals surface area contributed by atoms with E-state index < -0.39 is 27.4 Å². The number of carbonyl (C=O) groups excluding carboxylic acids is 1. The van der Waals surface area contributed by atoms with Crippen LogP contribution in [0.2, 0.25) is 0 Å². The topological polar surface area (TPSA) is 121 Å². The Hall–Kier alpha value is -4.61. The molecule has 0 saturated carbocycles. The molecule has 0 unspecified atom stereocenters. The molecule has 6 rings (SSSR count). The van der Waals surface area contributed by atoms with Crippen molar-refractivity contribution in [1.82, 2.24) is 4.31 Å². The average Bonchev–Trinajstić information content (AvgIpc) is 3.26. The maximum Gasteiger partial charge on any atom is 0.363 e. The fourth-order valence-electron chi connectivity index (χ4n) is 6.36. The fourth-order valence-corrected chi connectivity index (χ4v) is 7.28. The van der Waals surface area contributed by atoms with E-state index in [9.17, 15) is 22.6 Å². The van der Waals surface area contributed by atoms with E-state index in [-0.39, 0.29) is 22.6 Å². The molecule has 10 nitrogen and oxygen atoms in total. The Kier molecular flexibility index (Phi) is 7.25. The molecule has 0 fully saturated rings. The van der Waals surface area contributed by atoms with Crippen molar-refractivity contribution in [2.45, 2.75) is 33.2 Å². The molecular weight excluding hydrogens is 582 g/mol. The largest absolute Gasteiger partial charge is 0.456 e. The van der Waals surface area contributed by atoms with Crippen molar-refractivity contribution in [1.29, 1.82) is 0 Å². The second kappa shape index (κ2) is 10.8. The van der Waals surface area contributed by atoms with Gasteiger partial charge in [-0.15, -0.1) is 0 Å². The van der Waals surface area contributed by atoms with Gasteiger partial charge in [-0.1, -0.05) is 24.3 Å². The Labute approximate surface area is 255 Å². The zero-order valence-electron chi connectivity index (χ0n) is 24.9. The van der Waals surface area contributed by atoms with E-state index in [4.69, 9.17) is 9.15 Å². The number of fused-ring (bicyclic) bond motifs is 5. The fraction of sp³-hybridized carbons (Fsp3) is 0.273. The molecule has 2 aliphatic rings. The maximum atomic E-state index is 13.6. The van der Waals surface area contributed by atoms with Gasteiger partial charge in [-0.25, -0.2) is 4.79 Å². The lowest BCUT2D eigenvalue weighted by Gasteiger charge is -2.39. The second-order valence-electron chi connectivity index (χ2n) is 10.7. The summed E-state index contributed by atoms with van der Waals surface area (Å²) in [5, 5.41) is 0.631. The third-order valence-corrected chi connectivity index (χ3v) is 9.40. The number of rotatable bonds is 8.